The normalized spacial score (nSPS) is 20.2. The molecule has 174 valence electrons. The predicted molar refractivity (Wildman–Crippen MR) is 130 cm³/mol. The minimum atomic E-state index is -0.268. The second kappa shape index (κ2) is 10.0. The predicted octanol–water partition coefficient (Wildman–Crippen LogP) is 4.47. The van der Waals surface area contributed by atoms with Crippen LogP contribution in [0.2, 0.25) is 0 Å². The summed E-state index contributed by atoms with van der Waals surface area (Å²) in [6.07, 6.45) is 0. The van der Waals surface area contributed by atoms with Crippen molar-refractivity contribution in [2.24, 2.45) is 0 Å². The van der Waals surface area contributed by atoms with Gasteiger partial charge in [-0.3, -0.25) is 19.8 Å². The van der Waals surface area contributed by atoms with E-state index in [1.54, 1.807) is 0 Å². The van der Waals surface area contributed by atoms with Crippen LogP contribution in [0.3, 0.4) is 0 Å². The maximum absolute atomic E-state index is 12.5. The van der Waals surface area contributed by atoms with Crippen LogP contribution < -0.4 is 5.32 Å². The molecule has 2 atom stereocenters. The van der Waals surface area contributed by atoms with Crippen molar-refractivity contribution < 1.29 is 10.0 Å². The lowest BCUT2D eigenvalue weighted by Gasteiger charge is -2.42. The van der Waals surface area contributed by atoms with Crippen molar-refractivity contribution in [3.63, 3.8) is 0 Å². The van der Waals surface area contributed by atoms with Crippen LogP contribution in [0.15, 0.2) is 48.5 Å². The second-order valence-corrected chi connectivity index (χ2v) is 10.2. The molecule has 32 heavy (non-hydrogen) atoms. The van der Waals surface area contributed by atoms with Crippen molar-refractivity contribution in [2.75, 3.05) is 32.0 Å². The second-order valence-electron chi connectivity index (χ2n) is 10.2. The highest BCUT2D eigenvalue weighted by Crippen LogP contribution is 2.25. The molecule has 0 radical (unpaired) electrons. The van der Waals surface area contributed by atoms with Gasteiger partial charge in [-0.1, -0.05) is 45.0 Å². The summed E-state index contributed by atoms with van der Waals surface area (Å²) in [6.45, 7) is 13.0. The summed E-state index contributed by atoms with van der Waals surface area (Å²) in [5, 5.41) is 14.5. The summed E-state index contributed by atoms with van der Waals surface area (Å²) < 4.78 is 0. The van der Waals surface area contributed by atoms with Crippen molar-refractivity contribution in [3.8, 4) is 0 Å². The van der Waals surface area contributed by atoms with Crippen LogP contribution in [0.4, 0.5) is 11.4 Å². The first kappa shape index (κ1) is 24.2. The van der Waals surface area contributed by atoms with Crippen molar-refractivity contribution in [1.82, 2.24) is 14.9 Å². The number of benzene rings is 2. The average molecular weight is 439 g/mol. The number of rotatable bonds is 6. The highest BCUT2D eigenvalue weighted by Gasteiger charge is 2.28. The number of hydrogen-bond donors (Lipinski definition) is 2. The number of anilines is 2. The zero-order chi connectivity index (χ0) is 23.5. The van der Waals surface area contributed by atoms with Gasteiger partial charge < -0.3 is 5.32 Å². The van der Waals surface area contributed by atoms with Gasteiger partial charge >= 0.3 is 0 Å². The Morgan fingerprint density at radius 3 is 2.00 bits per heavy atom. The Labute approximate surface area is 192 Å². The van der Waals surface area contributed by atoms with E-state index in [0.717, 1.165) is 35.1 Å². The number of carbonyl (C=O) groups excluding carboxylic acids is 1. The maximum Gasteiger partial charge on any atom is 0.260 e. The van der Waals surface area contributed by atoms with Crippen LogP contribution >= 0.6 is 0 Å². The van der Waals surface area contributed by atoms with Crippen LogP contribution in [0.25, 0.3) is 0 Å². The van der Waals surface area contributed by atoms with Gasteiger partial charge in [0.05, 0.1) is 13.1 Å². The monoisotopic (exact) mass is 438 g/mol. The molecule has 0 aromatic heterocycles. The minimum Gasteiger partial charge on any atom is -0.356 e. The summed E-state index contributed by atoms with van der Waals surface area (Å²) in [4.78, 5) is 17.0. The van der Waals surface area contributed by atoms with E-state index in [2.05, 4.69) is 81.0 Å². The van der Waals surface area contributed by atoms with Crippen LogP contribution in [0, 0.1) is 0 Å². The third-order valence-corrected chi connectivity index (χ3v) is 6.41. The molecule has 0 unspecified atom stereocenters. The summed E-state index contributed by atoms with van der Waals surface area (Å²) in [6, 6.07) is 17.0. The molecule has 1 heterocycles. The third-order valence-electron chi connectivity index (χ3n) is 6.41. The Bertz CT molecular complexity index is 878. The molecule has 0 aliphatic carbocycles. The number of nitrogens with zero attached hydrogens (tertiary/aromatic N) is 3. The van der Waals surface area contributed by atoms with E-state index in [0.29, 0.717) is 12.1 Å². The Morgan fingerprint density at radius 1 is 1.00 bits per heavy atom. The molecule has 1 saturated heterocycles. The zero-order valence-electron chi connectivity index (χ0n) is 20.3. The number of likely N-dealkylation sites (N-methyl/N-ethyl adjacent to an activating group) is 1. The Kier molecular flexibility index (Phi) is 7.59. The van der Waals surface area contributed by atoms with E-state index in [4.69, 9.17) is 0 Å². The van der Waals surface area contributed by atoms with Crippen molar-refractivity contribution >= 4 is 17.3 Å². The van der Waals surface area contributed by atoms with Gasteiger partial charge in [0.25, 0.3) is 5.91 Å². The fourth-order valence-corrected chi connectivity index (χ4v) is 4.09. The summed E-state index contributed by atoms with van der Waals surface area (Å²) in [5.41, 5.74) is 4.31. The minimum absolute atomic E-state index is 0.134. The fourth-order valence-electron chi connectivity index (χ4n) is 4.09. The van der Waals surface area contributed by atoms with Crippen LogP contribution in [-0.2, 0) is 16.8 Å². The lowest BCUT2D eigenvalue weighted by molar-refractivity contribution is -0.170. The molecule has 0 bridgehead atoms. The smallest absolute Gasteiger partial charge is 0.260 e. The maximum atomic E-state index is 12.5. The molecule has 1 amide bonds. The third kappa shape index (κ3) is 6.31. The van der Waals surface area contributed by atoms with E-state index in [-0.39, 0.29) is 24.4 Å². The van der Waals surface area contributed by atoms with E-state index in [1.165, 1.54) is 5.56 Å². The quantitative estimate of drug-likeness (QED) is 0.515. The van der Waals surface area contributed by atoms with Gasteiger partial charge in [0.15, 0.2) is 0 Å². The first-order chi connectivity index (χ1) is 15.0. The van der Waals surface area contributed by atoms with E-state index in [1.807, 2.05) is 24.3 Å². The molecule has 2 aromatic carbocycles. The molecule has 3 rings (SSSR count). The molecule has 1 fully saturated rings. The lowest BCUT2D eigenvalue weighted by atomic mass is 9.87. The zero-order valence-corrected chi connectivity index (χ0v) is 20.3. The molecule has 0 spiro atoms. The largest absolute Gasteiger partial charge is 0.356 e. The summed E-state index contributed by atoms with van der Waals surface area (Å²) in [5.74, 6) is -0.268. The molecular weight excluding hydrogens is 400 g/mol. The van der Waals surface area contributed by atoms with Gasteiger partial charge in [-0.2, -0.15) is 0 Å². The molecule has 6 nitrogen and oxygen atoms in total. The summed E-state index contributed by atoms with van der Waals surface area (Å²) in [7, 11) is 2.12. The molecule has 1 aliphatic rings. The van der Waals surface area contributed by atoms with Crippen molar-refractivity contribution in [3.05, 3.63) is 59.7 Å². The van der Waals surface area contributed by atoms with Crippen LogP contribution in [0.1, 0.15) is 45.7 Å². The number of piperazine rings is 1. The van der Waals surface area contributed by atoms with Gasteiger partial charge in [-0.15, -0.1) is 0 Å². The standard InChI is InChI=1S/C26H38N4O2/c1-19-15-29(16-20(2)28(19)6)18-25(31)30(32)17-21-7-11-23(12-8-21)27-24-13-9-22(10-14-24)26(3,4)5/h7-14,19-20,27,32H,15-18H2,1-6H3/t19-,20+. The fraction of sp³-hybridized carbons (Fsp3) is 0.500. The Hall–Kier alpha value is -2.41. The van der Waals surface area contributed by atoms with Crippen LogP contribution in [-0.4, -0.2) is 64.7 Å². The SMILES string of the molecule is C[C@@H]1CN(CC(=O)N(O)Cc2ccc(Nc3ccc(C(C)(C)C)cc3)cc2)C[C@H](C)N1C. The first-order valence-electron chi connectivity index (χ1n) is 11.4. The lowest BCUT2D eigenvalue weighted by Crippen LogP contribution is -2.56. The van der Waals surface area contributed by atoms with E-state index >= 15 is 0 Å². The summed E-state index contributed by atoms with van der Waals surface area (Å²) >= 11 is 0. The molecule has 6 heteroatoms. The molecule has 0 saturated carbocycles. The van der Waals surface area contributed by atoms with E-state index in [9.17, 15) is 10.0 Å². The number of hydroxylamine groups is 2. The first-order valence-corrected chi connectivity index (χ1v) is 11.4. The highest BCUT2D eigenvalue weighted by molar-refractivity contribution is 5.77. The van der Waals surface area contributed by atoms with Gasteiger partial charge in [-0.25, -0.2) is 5.06 Å². The van der Waals surface area contributed by atoms with Crippen molar-refractivity contribution in [2.45, 2.75) is 58.7 Å². The van der Waals surface area contributed by atoms with Gasteiger partial charge in [0.2, 0.25) is 0 Å². The Morgan fingerprint density at radius 2 is 1.50 bits per heavy atom. The van der Waals surface area contributed by atoms with E-state index < -0.39 is 0 Å². The average Bonchev–Trinajstić information content (AvgIpc) is 2.73. The molecular formula is C26H38N4O2. The topological polar surface area (TPSA) is 59.1 Å². The number of carbonyl (C=O) groups is 1. The molecule has 1 aliphatic heterocycles. The van der Waals surface area contributed by atoms with Gasteiger partial charge in [-0.05, 0) is 61.7 Å². The molecule has 2 N–H and O–H groups in total. The number of nitrogens with one attached hydrogen (secondary N) is 1. The molecule has 2 aromatic rings. The van der Waals surface area contributed by atoms with Crippen molar-refractivity contribution in [1.29, 1.82) is 0 Å². The van der Waals surface area contributed by atoms with Gasteiger partial charge in [0, 0.05) is 36.5 Å². The Balaban J connectivity index is 1.52. The highest BCUT2D eigenvalue weighted by atomic mass is 16.5. The van der Waals surface area contributed by atoms with Gasteiger partial charge in [0.1, 0.15) is 0 Å². The number of hydrogen-bond acceptors (Lipinski definition) is 5. The number of amides is 1. The van der Waals surface area contributed by atoms with Crippen LogP contribution in [0.5, 0.6) is 0 Å².